The summed E-state index contributed by atoms with van der Waals surface area (Å²) in [7, 11) is 0. The Balaban J connectivity index is 0.769. The van der Waals surface area contributed by atoms with Crippen molar-refractivity contribution in [3.63, 3.8) is 0 Å². The maximum absolute atomic E-state index is 14.0. The van der Waals surface area contributed by atoms with Gasteiger partial charge in [0.25, 0.3) is 0 Å². The van der Waals surface area contributed by atoms with Gasteiger partial charge in [0, 0.05) is 55.4 Å². The minimum Gasteiger partial charge on any atom is -0.507 e. The van der Waals surface area contributed by atoms with Gasteiger partial charge in [0.1, 0.15) is 29.1 Å². The molecule has 0 bridgehead atoms. The number of phenolic OH excluding ortho intramolecular Hbond substituents is 1. The number of aliphatic hydroxyl groups is 1. The first-order chi connectivity index (χ1) is 31.4. The van der Waals surface area contributed by atoms with Gasteiger partial charge in [-0.05, 0) is 61.9 Å². The van der Waals surface area contributed by atoms with E-state index in [9.17, 15) is 19.8 Å². The fourth-order valence-electron chi connectivity index (χ4n) is 8.04. The largest absolute Gasteiger partial charge is 0.507 e. The topological polar surface area (TPSA) is 225 Å². The molecule has 7 rings (SSSR count). The second-order valence-electron chi connectivity index (χ2n) is 17.0. The average Bonchev–Trinajstić information content (AvgIpc) is 4.12. The Morgan fingerprint density at radius 1 is 1.05 bits per heavy atom. The lowest BCUT2D eigenvalue weighted by atomic mass is 9.87. The molecule has 5 heterocycles. The van der Waals surface area contributed by atoms with Crippen LogP contribution in [0.2, 0.25) is 0 Å². The molecular weight excluding hydrogens is 851 g/mol. The number of nitrogens with one attached hydrogen (secondary N) is 1. The number of carbonyl (C=O) groups excluding carboxylic acids is 2. The van der Waals surface area contributed by atoms with Gasteiger partial charge in [0.15, 0.2) is 0 Å². The molecule has 1 saturated heterocycles. The Bertz CT molecular complexity index is 2410. The molecule has 2 aliphatic heterocycles. The van der Waals surface area contributed by atoms with Crippen molar-refractivity contribution < 1.29 is 38.5 Å². The van der Waals surface area contributed by atoms with Gasteiger partial charge in [-0.3, -0.25) is 14.3 Å². The van der Waals surface area contributed by atoms with E-state index in [4.69, 9.17) is 24.5 Å². The zero-order valence-corrected chi connectivity index (χ0v) is 38.2. The number of azo groups is 1. The monoisotopic (exact) mass is 909 g/mol. The van der Waals surface area contributed by atoms with Crippen molar-refractivity contribution in [3.8, 4) is 16.2 Å². The Kier molecular flexibility index (Phi) is 16.0. The first-order valence-corrected chi connectivity index (χ1v) is 22.9. The maximum atomic E-state index is 14.0. The van der Waals surface area contributed by atoms with E-state index >= 15 is 0 Å². The molecule has 65 heavy (non-hydrogen) atoms. The molecule has 0 aliphatic carbocycles. The third-order valence-electron chi connectivity index (χ3n) is 11.6. The zero-order valence-electron chi connectivity index (χ0n) is 37.3. The van der Waals surface area contributed by atoms with Gasteiger partial charge in [-0.1, -0.05) is 55.4 Å². The SMILES string of the molecule is Cc1ncsc1-c1ccc(CNC(=O)[C@@H]2C[C@@H](O)CN2C(=O)[C@@H](c2cc(CCCOCCOCCOCCn3cc(C4C=C(c5ccccc5O)N=NC4(C)N)cn3)no2)C(C)C)cc1. The lowest BCUT2D eigenvalue weighted by Gasteiger charge is -2.29. The van der Waals surface area contributed by atoms with E-state index in [-0.39, 0.29) is 42.4 Å². The van der Waals surface area contributed by atoms with Crippen LogP contribution in [0.25, 0.3) is 16.1 Å². The number of carbonyl (C=O) groups is 2. The summed E-state index contributed by atoms with van der Waals surface area (Å²) in [5.74, 6) is -1.10. The zero-order chi connectivity index (χ0) is 45.9. The number of nitrogens with zero attached hydrogens (tertiary/aromatic N) is 7. The van der Waals surface area contributed by atoms with Gasteiger partial charge in [0.05, 0.1) is 79.4 Å². The second kappa shape index (κ2) is 22.0. The summed E-state index contributed by atoms with van der Waals surface area (Å²) >= 11 is 1.59. The average molecular weight is 910 g/mol. The molecule has 3 aromatic heterocycles. The van der Waals surface area contributed by atoms with Gasteiger partial charge < -0.3 is 44.9 Å². The van der Waals surface area contributed by atoms with Crippen molar-refractivity contribution in [2.75, 3.05) is 46.2 Å². The van der Waals surface area contributed by atoms with E-state index in [1.807, 2.05) is 75.8 Å². The molecule has 5 N–H and O–H groups in total. The number of hydrogen-bond acceptors (Lipinski definition) is 15. The number of likely N-dealkylation sites (tertiary alicyclic amines) is 1. The first-order valence-electron chi connectivity index (χ1n) is 22.1. The number of amides is 2. The van der Waals surface area contributed by atoms with E-state index < -0.39 is 23.7 Å². The molecule has 2 aromatic carbocycles. The fourth-order valence-corrected chi connectivity index (χ4v) is 8.85. The van der Waals surface area contributed by atoms with E-state index in [0.29, 0.717) is 88.3 Å². The number of aromatic hydroxyl groups is 1. The van der Waals surface area contributed by atoms with E-state index in [2.05, 4.69) is 30.8 Å². The summed E-state index contributed by atoms with van der Waals surface area (Å²) < 4.78 is 24.7. The first kappa shape index (κ1) is 47.3. The van der Waals surface area contributed by atoms with Crippen molar-refractivity contribution in [1.82, 2.24) is 30.1 Å². The molecular formula is C47H59N9O8S. The van der Waals surface area contributed by atoms with E-state index in [1.165, 1.54) is 4.90 Å². The molecule has 5 atom stereocenters. The van der Waals surface area contributed by atoms with Crippen LogP contribution in [0.4, 0.5) is 0 Å². The highest BCUT2D eigenvalue weighted by atomic mass is 32.1. The van der Waals surface area contributed by atoms with E-state index in [1.54, 1.807) is 46.5 Å². The highest BCUT2D eigenvalue weighted by molar-refractivity contribution is 7.13. The molecule has 0 spiro atoms. The lowest BCUT2D eigenvalue weighted by molar-refractivity contribution is -0.141. The summed E-state index contributed by atoms with van der Waals surface area (Å²) in [5, 5.41) is 41.2. The number of aromatic nitrogens is 4. The summed E-state index contributed by atoms with van der Waals surface area (Å²) in [6.45, 7) is 11.2. The Labute approximate surface area is 382 Å². The third-order valence-corrected chi connectivity index (χ3v) is 12.5. The van der Waals surface area contributed by atoms with Gasteiger partial charge in [-0.25, -0.2) is 4.98 Å². The Morgan fingerprint density at radius 3 is 2.51 bits per heavy atom. The summed E-state index contributed by atoms with van der Waals surface area (Å²) in [5.41, 5.74) is 13.1. The summed E-state index contributed by atoms with van der Waals surface area (Å²) in [6.07, 6.45) is 6.26. The number of rotatable bonds is 22. The van der Waals surface area contributed by atoms with Gasteiger partial charge >= 0.3 is 0 Å². The normalized spacial score (nSPS) is 20.1. The molecule has 5 aromatic rings. The smallest absolute Gasteiger partial charge is 0.243 e. The van der Waals surface area contributed by atoms with Crippen LogP contribution in [0.15, 0.2) is 93.3 Å². The Hall–Kier alpha value is -5.63. The van der Waals surface area contributed by atoms with Crippen LogP contribution in [0.1, 0.15) is 79.3 Å². The number of benzene rings is 2. The number of thiazole rings is 1. The van der Waals surface area contributed by atoms with Crippen LogP contribution >= 0.6 is 11.3 Å². The fraction of sp³-hybridized carbons (Fsp3) is 0.468. The quantitative estimate of drug-likeness (QED) is 0.0589. The molecule has 0 saturated carbocycles. The molecule has 17 nitrogen and oxygen atoms in total. The van der Waals surface area contributed by atoms with Crippen molar-refractivity contribution in [2.24, 2.45) is 21.9 Å². The van der Waals surface area contributed by atoms with Crippen molar-refractivity contribution >= 4 is 28.8 Å². The number of hydrogen-bond donors (Lipinski definition) is 4. The van der Waals surface area contributed by atoms with Gasteiger partial charge in [0.2, 0.25) is 11.8 Å². The summed E-state index contributed by atoms with van der Waals surface area (Å²) in [4.78, 5) is 34.4. The van der Waals surface area contributed by atoms with Crippen LogP contribution in [0.5, 0.6) is 5.75 Å². The summed E-state index contributed by atoms with van der Waals surface area (Å²) in [6, 6.07) is 16.0. The highest BCUT2D eigenvalue weighted by Crippen LogP contribution is 2.39. The second-order valence-corrected chi connectivity index (χ2v) is 17.8. The number of β-amino-alcohol motifs (C(OH)–C–C–N with tert-alkyl or cyclic N) is 1. The van der Waals surface area contributed by atoms with E-state index in [0.717, 1.165) is 27.3 Å². The van der Waals surface area contributed by atoms with Crippen molar-refractivity contribution in [1.29, 1.82) is 0 Å². The van der Waals surface area contributed by atoms with Crippen LogP contribution in [-0.2, 0) is 43.3 Å². The predicted molar refractivity (Wildman–Crippen MR) is 244 cm³/mol. The van der Waals surface area contributed by atoms with Crippen molar-refractivity contribution in [3.05, 3.63) is 112 Å². The lowest BCUT2D eigenvalue weighted by Crippen LogP contribution is -2.48. The van der Waals surface area contributed by atoms with Crippen LogP contribution in [0.3, 0.4) is 0 Å². The number of para-hydroxylation sites is 1. The standard InChI is InChI=1S/C47H59N9O8S/c1-30(2)43(46(60)56-28-36(57)23-40(56)45(59)49-25-32-11-13-33(14-12-32)44-31(3)50-29-65-44)42-22-35(53-64-42)8-7-16-61-18-20-63-21-19-62-17-15-55-27-34(26-51-55)38-24-39(52-54-47(38,4)48)37-9-5-6-10-41(37)58/h5-6,9-14,22,24,26-27,29-30,36,38,40,43,57-58H,7-8,15-21,23,25,28,48H2,1-4H3,(H,49,59)/t36-,38?,40+,43-,47?/m1/s1. The molecule has 2 amide bonds. The number of phenols is 1. The molecule has 0 radical (unpaired) electrons. The molecule has 18 heteroatoms. The molecule has 2 aliphatic rings. The predicted octanol–water partition coefficient (Wildman–Crippen LogP) is 5.97. The highest BCUT2D eigenvalue weighted by Gasteiger charge is 2.43. The van der Waals surface area contributed by atoms with Gasteiger partial charge in [-0.15, -0.1) is 11.3 Å². The number of aliphatic hydroxyl groups excluding tert-OH is 1. The Morgan fingerprint density at radius 2 is 1.78 bits per heavy atom. The molecule has 1 fully saturated rings. The number of ether oxygens (including phenoxy) is 3. The minimum atomic E-state index is -0.964. The van der Waals surface area contributed by atoms with Crippen LogP contribution in [-0.4, -0.2) is 111 Å². The van der Waals surface area contributed by atoms with Gasteiger partial charge in [-0.2, -0.15) is 15.3 Å². The number of aryl methyl sites for hydroxylation is 2. The third kappa shape index (κ3) is 12.2. The molecule has 346 valence electrons. The minimum absolute atomic E-state index is 0.0696. The molecule has 2 unspecified atom stereocenters. The van der Waals surface area contributed by atoms with Crippen molar-refractivity contribution in [2.45, 2.75) is 89.7 Å². The van der Waals surface area contributed by atoms with Crippen LogP contribution < -0.4 is 11.1 Å². The maximum Gasteiger partial charge on any atom is 0.243 e. The number of nitrogens with two attached hydrogens (primary N) is 1. The van der Waals surface area contributed by atoms with Crippen LogP contribution in [0, 0.1) is 12.8 Å².